The zero-order valence-electron chi connectivity index (χ0n) is 21.3. The van der Waals surface area contributed by atoms with Gasteiger partial charge in [0.05, 0.1) is 12.1 Å². The smallest absolute Gasteiger partial charge is 0.475 e. The SMILES string of the molecule is CN1CC(=O)N(c2cccc(F)c2)CC12CCN(Cc1ccc(F)cc1)C2.O=C(O)C(F)(F)F.O=C(O)C(F)(F)F. The van der Waals surface area contributed by atoms with Crippen LogP contribution in [0.2, 0.25) is 0 Å². The van der Waals surface area contributed by atoms with Gasteiger partial charge >= 0.3 is 24.3 Å². The number of hydrogen-bond acceptors (Lipinski definition) is 5. The van der Waals surface area contributed by atoms with Crippen LogP contribution in [-0.4, -0.2) is 89.0 Å². The highest BCUT2D eigenvalue weighted by Crippen LogP contribution is 2.34. The molecule has 41 heavy (non-hydrogen) atoms. The number of carboxylic acid groups (broad SMARTS) is 2. The number of carbonyl (C=O) groups excluding carboxylic acids is 1. The van der Waals surface area contributed by atoms with Crippen molar-refractivity contribution in [2.45, 2.75) is 30.9 Å². The lowest BCUT2D eigenvalue weighted by atomic mass is 9.92. The van der Waals surface area contributed by atoms with Crippen molar-refractivity contribution in [1.82, 2.24) is 9.80 Å². The third-order valence-electron chi connectivity index (χ3n) is 6.27. The first-order valence-electron chi connectivity index (χ1n) is 11.7. The van der Waals surface area contributed by atoms with Crippen molar-refractivity contribution in [2.75, 3.05) is 38.1 Å². The summed E-state index contributed by atoms with van der Waals surface area (Å²) in [6.45, 7) is 3.35. The molecule has 2 N–H and O–H groups in total. The van der Waals surface area contributed by atoms with E-state index in [2.05, 4.69) is 9.80 Å². The molecule has 0 aliphatic carbocycles. The molecule has 1 amide bonds. The molecule has 4 rings (SSSR count). The number of rotatable bonds is 3. The fraction of sp³-hybridized carbons (Fsp3) is 0.400. The molecular weight excluding hydrogens is 574 g/mol. The van der Waals surface area contributed by atoms with Crippen LogP contribution in [0.15, 0.2) is 48.5 Å². The van der Waals surface area contributed by atoms with Crippen molar-refractivity contribution in [2.24, 2.45) is 0 Å². The molecular formula is C25H25F8N3O5. The molecule has 2 aliphatic rings. The standard InChI is InChI=1S/C21H23F2N3O.2C2HF3O2/c1-24-13-20(27)26(19-4-2-3-18(23)11-19)15-21(24)9-10-25(14-21)12-16-5-7-17(22)8-6-16;2*3-2(4,5)1(6)7/h2-8,11H,9-10,12-15H2,1H3;2*(H,6,7). The van der Waals surface area contributed by atoms with Crippen LogP contribution < -0.4 is 4.90 Å². The van der Waals surface area contributed by atoms with Gasteiger partial charge in [0.25, 0.3) is 0 Å². The number of aliphatic carboxylic acids is 2. The molecule has 8 nitrogen and oxygen atoms in total. The number of amides is 1. The second-order valence-corrected chi connectivity index (χ2v) is 9.23. The van der Waals surface area contributed by atoms with Crippen LogP contribution >= 0.6 is 0 Å². The molecule has 2 fully saturated rings. The Kier molecular flexibility index (Phi) is 10.8. The number of carbonyl (C=O) groups is 3. The Hall–Kier alpha value is -3.79. The van der Waals surface area contributed by atoms with Crippen molar-refractivity contribution in [3.8, 4) is 0 Å². The normalized spacial score (nSPS) is 19.7. The van der Waals surface area contributed by atoms with Gasteiger partial charge < -0.3 is 15.1 Å². The topological polar surface area (TPSA) is 101 Å². The van der Waals surface area contributed by atoms with Gasteiger partial charge in [-0.25, -0.2) is 18.4 Å². The van der Waals surface area contributed by atoms with Gasteiger partial charge in [-0.1, -0.05) is 18.2 Å². The van der Waals surface area contributed by atoms with Gasteiger partial charge in [0, 0.05) is 31.9 Å². The van der Waals surface area contributed by atoms with Crippen LogP contribution in [0, 0.1) is 11.6 Å². The minimum absolute atomic E-state index is 0.00860. The third kappa shape index (κ3) is 9.67. The highest BCUT2D eigenvalue weighted by Gasteiger charge is 2.47. The largest absolute Gasteiger partial charge is 0.490 e. The fourth-order valence-electron chi connectivity index (χ4n) is 4.20. The first-order chi connectivity index (χ1) is 18.8. The average Bonchev–Trinajstić information content (AvgIpc) is 3.26. The summed E-state index contributed by atoms with van der Waals surface area (Å²) in [7, 11) is 1.99. The Bertz CT molecular complexity index is 1200. The molecule has 16 heteroatoms. The minimum atomic E-state index is -5.08. The second-order valence-electron chi connectivity index (χ2n) is 9.23. The molecule has 2 aromatic carbocycles. The number of likely N-dealkylation sites (tertiary alicyclic amines) is 1. The van der Waals surface area contributed by atoms with E-state index in [0.29, 0.717) is 18.8 Å². The summed E-state index contributed by atoms with van der Waals surface area (Å²) in [4.78, 5) is 36.5. The number of alkyl halides is 6. The van der Waals surface area contributed by atoms with Crippen LogP contribution in [0.1, 0.15) is 12.0 Å². The van der Waals surface area contributed by atoms with Gasteiger partial charge in [-0.05, 0) is 49.4 Å². The van der Waals surface area contributed by atoms with E-state index in [1.165, 1.54) is 24.3 Å². The summed E-state index contributed by atoms with van der Waals surface area (Å²) in [6.07, 6.45) is -9.23. The van der Waals surface area contributed by atoms with Crippen molar-refractivity contribution in [1.29, 1.82) is 0 Å². The van der Waals surface area contributed by atoms with E-state index < -0.39 is 24.3 Å². The van der Waals surface area contributed by atoms with Gasteiger partial charge in [0.2, 0.25) is 5.91 Å². The molecule has 0 radical (unpaired) electrons. The number of anilines is 1. The highest BCUT2D eigenvalue weighted by molar-refractivity contribution is 5.96. The Balaban J connectivity index is 0.000000349. The van der Waals surface area contributed by atoms with Crippen molar-refractivity contribution < 1.29 is 59.7 Å². The quantitative estimate of drug-likeness (QED) is 0.512. The lowest BCUT2D eigenvalue weighted by Crippen LogP contribution is -2.64. The van der Waals surface area contributed by atoms with Gasteiger partial charge in [-0.3, -0.25) is 14.6 Å². The molecule has 0 bridgehead atoms. The second kappa shape index (κ2) is 13.2. The zero-order chi connectivity index (χ0) is 31.2. The molecule has 1 unspecified atom stereocenters. The summed E-state index contributed by atoms with van der Waals surface area (Å²) >= 11 is 0. The molecule has 2 aliphatic heterocycles. The summed E-state index contributed by atoms with van der Waals surface area (Å²) in [6, 6.07) is 12.8. The first kappa shape index (κ1) is 33.4. The van der Waals surface area contributed by atoms with E-state index >= 15 is 0 Å². The summed E-state index contributed by atoms with van der Waals surface area (Å²) in [5, 5.41) is 14.2. The number of halogens is 8. The zero-order valence-corrected chi connectivity index (χ0v) is 21.3. The molecule has 2 saturated heterocycles. The maximum atomic E-state index is 13.6. The van der Waals surface area contributed by atoms with Crippen molar-refractivity contribution >= 4 is 23.5 Å². The van der Waals surface area contributed by atoms with E-state index in [9.17, 15) is 39.9 Å². The van der Waals surface area contributed by atoms with Crippen LogP contribution in [0.25, 0.3) is 0 Å². The van der Waals surface area contributed by atoms with E-state index in [1.807, 2.05) is 19.2 Å². The van der Waals surface area contributed by atoms with Crippen LogP contribution in [-0.2, 0) is 20.9 Å². The number of likely N-dealkylation sites (N-methyl/N-ethyl adjacent to an activating group) is 1. The monoisotopic (exact) mass is 599 g/mol. The summed E-state index contributed by atoms with van der Waals surface area (Å²) in [5.74, 6) is -6.09. The maximum Gasteiger partial charge on any atom is 0.490 e. The Morgan fingerprint density at radius 3 is 1.90 bits per heavy atom. The fourth-order valence-corrected chi connectivity index (χ4v) is 4.20. The number of hydrogen-bond donors (Lipinski definition) is 2. The maximum absolute atomic E-state index is 13.6. The molecule has 1 atom stereocenters. The predicted molar refractivity (Wildman–Crippen MR) is 128 cm³/mol. The molecule has 226 valence electrons. The van der Waals surface area contributed by atoms with Gasteiger partial charge in [-0.2, -0.15) is 26.3 Å². The van der Waals surface area contributed by atoms with Crippen LogP contribution in [0.4, 0.5) is 40.8 Å². The molecule has 2 heterocycles. The van der Waals surface area contributed by atoms with Crippen molar-refractivity contribution in [3.63, 3.8) is 0 Å². The van der Waals surface area contributed by atoms with Gasteiger partial charge in [0.15, 0.2) is 0 Å². The number of carboxylic acids is 2. The van der Waals surface area contributed by atoms with Crippen molar-refractivity contribution in [3.05, 3.63) is 65.7 Å². The molecule has 1 spiro atoms. The van der Waals surface area contributed by atoms with Gasteiger partial charge in [0.1, 0.15) is 11.6 Å². The predicted octanol–water partition coefficient (Wildman–Crippen LogP) is 4.15. The van der Waals surface area contributed by atoms with E-state index in [0.717, 1.165) is 31.6 Å². The molecule has 2 aromatic rings. The van der Waals surface area contributed by atoms with Gasteiger partial charge in [-0.15, -0.1) is 0 Å². The molecule has 0 aromatic heterocycles. The van der Waals surface area contributed by atoms with E-state index in [-0.39, 0.29) is 23.1 Å². The van der Waals surface area contributed by atoms with E-state index in [1.54, 1.807) is 17.0 Å². The average molecular weight is 599 g/mol. The Morgan fingerprint density at radius 1 is 0.878 bits per heavy atom. The van der Waals surface area contributed by atoms with Crippen LogP contribution in [0.5, 0.6) is 0 Å². The number of benzene rings is 2. The lowest BCUT2D eigenvalue weighted by molar-refractivity contribution is -0.193. The highest BCUT2D eigenvalue weighted by atomic mass is 19.4. The molecule has 0 saturated carbocycles. The minimum Gasteiger partial charge on any atom is -0.475 e. The summed E-state index contributed by atoms with van der Waals surface area (Å²) in [5.41, 5.74) is 1.54. The number of nitrogens with zero attached hydrogens (tertiary/aromatic N) is 3. The third-order valence-corrected chi connectivity index (χ3v) is 6.27. The Morgan fingerprint density at radius 2 is 1.41 bits per heavy atom. The first-order valence-corrected chi connectivity index (χ1v) is 11.7. The Labute approximate surface area is 228 Å². The van der Waals surface area contributed by atoms with E-state index in [4.69, 9.17) is 19.8 Å². The van der Waals surface area contributed by atoms with Crippen LogP contribution in [0.3, 0.4) is 0 Å². The summed E-state index contributed by atoms with van der Waals surface area (Å²) < 4.78 is 90.2. The number of piperazine rings is 1. The lowest BCUT2D eigenvalue weighted by Gasteiger charge is -2.47.